The lowest BCUT2D eigenvalue weighted by atomic mass is 10.1. The van der Waals surface area contributed by atoms with Gasteiger partial charge in [-0.1, -0.05) is 45.7 Å². The van der Waals surface area contributed by atoms with E-state index in [1.54, 1.807) is 26.0 Å². The highest BCUT2D eigenvalue weighted by Crippen LogP contribution is 2.25. The molecule has 0 saturated carbocycles. The van der Waals surface area contributed by atoms with Crippen LogP contribution in [0.5, 0.6) is 0 Å². The molecule has 0 heterocycles. The van der Waals surface area contributed by atoms with Crippen molar-refractivity contribution >= 4 is 55.1 Å². The molecule has 2 rings (SSSR count). The van der Waals surface area contributed by atoms with Crippen LogP contribution in [0, 0.1) is 6.92 Å². The van der Waals surface area contributed by atoms with Crippen molar-refractivity contribution in [2.75, 3.05) is 17.1 Å². The number of rotatable bonds is 8. The molecule has 0 aromatic heterocycles. The standard InChI is InChI=1S/C24H31BrClN3O4S/c1-16-7-12-20(13-21(16)26)29(34(6,32)33)15-22(30)28(14-18-8-10-19(25)11-9-18)17(2)23(31)27-24(3,4)5/h7-13,17H,14-15H2,1-6H3,(H,27,31)/t17-/m0/s1. The molecular formula is C24H31BrClN3O4S. The topological polar surface area (TPSA) is 86.8 Å². The Labute approximate surface area is 215 Å². The van der Waals surface area contributed by atoms with Gasteiger partial charge in [0.25, 0.3) is 0 Å². The van der Waals surface area contributed by atoms with Crippen LogP contribution in [-0.4, -0.2) is 49.5 Å². The van der Waals surface area contributed by atoms with Crippen molar-refractivity contribution in [2.24, 2.45) is 0 Å². The van der Waals surface area contributed by atoms with E-state index < -0.39 is 34.1 Å². The van der Waals surface area contributed by atoms with Gasteiger partial charge in [0.15, 0.2) is 0 Å². The molecule has 2 amide bonds. The highest BCUT2D eigenvalue weighted by molar-refractivity contribution is 9.10. The summed E-state index contributed by atoms with van der Waals surface area (Å²) < 4.78 is 27.1. The van der Waals surface area contributed by atoms with Crippen molar-refractivity contribution in [1.29, 1.82) is 0 Å². The smallest absolute Gasteiger partial charge is 0.244 e. The molecule has 0 saturated heterocycles. The predicted octanol–water partition coefficient (Wildman–Crippen LogP) is 4.51. The summed E-state index contributed by atoms with van der Waals surface area (Å²) in [5.41, 5.74) is 1.38. The quantitative estimate of drug-likeness (QED) is 0.504. The molecular weight excluding hydrogens is 542 g/mol. The SMILES string of the molecule is Cc1ccc(N(CC(=O)N(Cc2ccc(Br)cc2)[C@@H](C)C(=O)NC(C)(C)C)S(C)(=O)=O)cc1Cl. The molecule has 0 aliphatic heterocycles. The molecule has 0 aliphatic rings. The Balaban J connectivity index is 2.41. The van der Waals surface area contributed by atoms with Gasteiger partial charge in [-0.05, 0) is 70.0 Å². The first kappa shape index (κ1) is 28.1. The summed E-state index contributed by atoms with van der Waals surface area (Å²) in [7, 11) is -3.81. The predicted molar refractivity (Wildman–Crippen MR) is 140 cm³/mol. The molecule has 0 spiro atoms. The van der Waals surface area contributed by atoms with Gasteiger partial charge in [0, 0.05) is 21.6 Å². The fraction of sp³-hybridized carbons (Fsp3) is 0.417. The van der Waals surface area contributed by atoms with Gasteiger partial charge in [-0.15, -0.1) is 0 Å². The normalized spacial score (nSPS) is 12.7. The van der Waals surface area contributed by atoms with Gasteiger partial charge < -0.3 is 10.2 Å². The molecule has 10 heteroatoms. The maximum Gasteiger partial charge on any atom is 0.244 e. The van der Waals surface area contributed by atoms with Crippen molar-refractivity contribution in [3.8, 4) is 0 Å². The van der Waals surface area contributed by atoms with E-state index in [1.165, 1.54) is 11.0 Å². The van der Waals surface area contributed by atoms with E-state index in [0.29, 0.717) is 5.02 Å². The summed E-state index contributed by atoms with van der Waals surface area (Å²) in [5, 5.41) is 3.28. The number of nitrogens with zero attached hydrogens (tertiary/aromatic N) is 2. The van der Waals surface area contributed by atoms with Gasteiger partial charge in [0.05, 0.1) is 11.9 Å². The van der Waals surface area contributed by atoms with Crippen LogP contribution in [0.2, 0.25) is 5.02 Å². The highest BCUT2D eigenvalue weighted by Gasteiger charge is 2.31. The Morgan fingerprint density at radius 3 is 2.21 bits per heavy atom. The van der Waals surface area contributed by atoms with E-state index in [2.05, 4.69) is 21.2 Å². The fourth-order valence-electron chi connectivity index (χ4n) is 3.19. The number of nitrogens with one attached hydrogen (secondary N) is 1. The van der Waals surface area contributed by atoms with Crippen molar-refractivity contribution in [3.63, 3.8) is 0 Å². The molecule has 7 nitrogen and oxygen atoms in total. The Morgan fingerprint density at radius 2 is 1.71 bits per heavy atom. The van der Waals surface area contributed by atoms with Crippen LogP contribution in [0.3, 0.4) is 0 Å². The summed E-state index contributed by atoms with van der Waals surface area (Å²) in [6.45, 7) is 8.66. The molecule has 186 valence electrons. The largest absolute Gasteiger partial charge is 0.350 e. The zero-order valence-electron chi connectivity index (χ0n) is 20.2. The summed E-state index contributed by atoms with van der Waals surface area (Å²) in [6, 6.07) is 11.3. The molecule has 0 aliphatic carbocycles. The van der Waals surface area contributed by atoms with Crippen molar-refractivity contribution in [3.05, 3.63) is 63.1 Å². The maximum absolute atomic E-state index is 13.5. The first-order chi connectivity index (χ1) is 15.6. The number of benzene rings is 2. The number of anilines is 1. The summed E-state index contributed by atoms with van der Waals surface area (Å²) >= 11 is 9.60. The van der Waals surface area contributed by atoms with Gasteiger partial charge in [-0.3, -0.25) is 13.9 Å². The Morgan fingerprint density at radius 1 is 1.12 bits per heavy atom. The first-order valence-corrected chi connectivity index (χ1v) is 13.7. The van der Waals surface area contributed by atoms with E-state index in [9.17, 15) is 18.0 Å². The lowest BCUT2D eigenvalue weighted by Gasteiger charge is -2.33. The zero-order valence-corrected chi connectivity index (χ0v) is 23.4. The van der Waals surface area contributed by atoms with Crippen LogP contribution in [0.25, 0.3) is 0 Å². The molecule has 0 unspecified atom stereocenters. The lowest BCUT2D eigenvalue weighted by molar-refractivity contribution is -0.140. The van der Waals surface area contributed by atoms with E-state index in [4.69, 9.17) is 11.6 Å². The van der Waals surface area contributed by atoms with Gasteiger partial charge >= 0.3 is 0 Å². The number of carbonyl (C=O) groups is 2. The van der Waals surface area contributed by atoms with Crippen molar-refractivity contribution in [1.82, 2.24) is 10.2 Å². The maximum atomic E-state index is 13.5. The average molecular weight is 573 g/mol. The summed E-state index contributed by atoms with van der Waals surface area (Å²) in [6.07, 6.45) is 1.03. The number of hydrogen-bond acceptors (Lipinski definition) is 4. The average Bonchev–Trinajstić information content (AvgIpc) is 2.71. The van der Waals surface area contributed by atoms with E-state index >= 15 is 0 Å². The minimum Gasteiger partial charge on any atom is -0.350 e. The Bertz CT molecular complexity index is 1150. The number of hydrogen-bond donors (Lipinski definition) is 1. The van der Waals surface area contributed by atoms with Crippen LogP contribution < -0.4 is 9.62 Å². The monoisotopic (exact) mass is 571 g/mol. The molecule has 2 aromatic rings. The third-order valence-electron chi connectivity index (χ3n) is 5.05. The Kier molecular flexibility index (Phi) is 9.18. The summed E-state index contributed by atoms with van der Waals surface area (Å²) in [4.78, 5) is 27.8. The number of halogens is 2. The summed E-state index contributed by atoms with van der Waals surface area (Å²) in [5.74, 6) is -0.844. The number of aryl methyl sites for hydroxylation is 1. The Hall–Kier alpha value is -2.10. The highest BCUT2D eigenvalue weighted by atomic mass is 79.9. The van der Waals surface area contributed by atoms with E-state index in [1.807, 2.05) is 45.0 Å². The first-order valence-electron chi connectivity index (χ1n) is 10.7. The van der Waals surface area contributed by atoms with Gasteiger partial charge in [-0.25, -0.2) is 8.42 Å². The number of carbonyl (C=O) groups excluding carboxylic acids is 2. The molecule has 1 N–H and O–H groups in total. The molecule has 2 aromatic carbocycles. The molecule has 34 heavy (non-hydrogen) atoms. The van der Waals surface area contributed by atoms with E-state index in [-0.39, 0.29) is 18.1 Å². The second-order valence-electron chi connectivity index (χ2n) is 9.27. The second-order valence-corrected chi connectivity index (χ2v) is 12.5. The van der Waals surface area contributed by atoms with Gasteiger partial charge in [0.1, 0.15) is 12.6 Å². The van der Waals surface area contributed by atoms with E-state index in [0.717, 1.165) is 26.2 Å². The zero-order chi connectivity index (χ0) is 25.8. The van der Waals surface area contributed by atoms with Crippen LogP contribution in [0.4, 0.5) is 5.69 Å². The van der Waals surface area contributed by atoms with Crippen LogP contribution in [0.1, 0.15) is 38.8 Å². The van der Waals surface area contributed by atoms with Crippen LogP contribution >= 0.6 is 27.5 Å². The lowest BCUT2D eigenvalue weighted by Crippen LogP contribution is -2.54. The molecule has 1 atom stereocenters. The minimum absolute atomic E-state index is 0.136. The van der Waals surface area contributed by atoms with Crippen LogP contribution in [-0.2, 0) is 26.2 Å². The third kappa shape index (κ3) is 7.99. The van der Waals surface area contributed by atoms with Crippen molar-refractivity contribution < 1.29 is 18.0 Å². The van der Waals surface area contributed by atoms with Gasteiger partial charge in [-0.2, -0.15) is 0 Å². The van der Waals surface area contributed by atoms with Crippen LogP contribution in [0.15, 0.2) is 46.9 Å². The number of amides is 2. The molecule has 0 radical (unpaired) electrons. The van der Waals surface area contributed by atoms with Gasteiger partial charge in [0.2, 0.25) is 21.8 Å². The molecule has 0 fully saturated rings. The third-order valence-corrected chi connectivity index (χ3v) is 7.13. The fourth-order valence-corrected chi connectivity index (χ4v) is 4.47. The second kappa shape index (κ2) is 11.1. The minimum atomic E-state index is -3.81. The van der Waals surface area contributed by atoms with Crippen molar-refractivity contribution in [2.45, 2.75) is 52.7 Å². The molecule has 0 bridgehead atoms. The number of sulfonamides is 1.